The normalized spacial score (nSPS) is 10.5. The van der Waals surface area contributed by atoms with Crippen LogP contribution in [0, 0.1) is 0 Å². The Balaban J connectivity index is 0.000000921. The minimum Gasteiger partial charge on any atom is -0.508 e. The molecule has 0 fully saturated rings. The van der Waals surface area contributed by atoms with Crippen molar-refractivity contribution in [3.63, 3.8) is 0 Å². The molecule has 0 bridgehead atoms. The SMILES string of the molecule is CCC(C)(CC)c1ccc(O)cc1.CO. The molecule has 0 spiro atoms. The van der Waals surface area contributed by atoms with Crippen LogP contribution in [0.1, 0.15) is 39.2 Å². The first kappa shape index (κ1) is 14.0. The van der Waals surface area contributed by atoms with E-state index in [1.807, 2.05) is 12.1 Å². The monoisotopic (exact) mass is 210 g/mol. The van der Waals surface area contributed by atoms with Crippen LogP contribution in [0.2, 0.25) is 0 Å². The van der Waals surface area contributed by atoms with E-state index in [1.165, 1.54) is 5.56 Å². The minimum absolute atomic E-state index is 0.258. The smallest absolute Gasteiger partial charge is 0.115 e. The second-order valence-electron chi connectivity index (χ2n) is 3.81. The highest BCUT2D eigenvalue weighted by Crippen LogP contribution is 2.31. The van der Waals surface area contributed by atoms with Gasteiger partial charge in [0.2, 0.25) is 0 Å². The molecule has 2 heteroatoms. The highest BCUT2D eigenvalue weighted by atomic mass is 16.3. The molecule has 15 heavy (non-hydrogen) atoms. The Morgan fingerprint density at radius 2 is 1.40 bits per heavy atom. The van der Waals surface area contributed by atoms with Crippen molar-refractivity contribution in [3.05, 3.63) is 29.8 Å². The van der Waals surface area contributed by atoms with Crippen LogP contribution in [0.4, 0.5) is 0 Å². The molecular formula is C13H22O2. The van der Waals surface area contributed by atoms with Crippen LogP contribution < -0.4 is 0 Å². The molecule has 0 aliphatic rings. The number of hydrogen-bond donors (Lipinski definition) is 2. The zero-order chi connectivity index (χ0) is 11.9. The lowest BCUT2D eigenvalue weighted by molar-refractivity contribution is 0.399. The first-order valence-corrected chi connectivity index (χ1v) is 5.36. The molecule has 1 rings (SSSR count). The van der Waals surface area contributed by atoms with E-state index in [4.69, 9.17) is 10.2 Å². The van der Waals surface area contributed by atoms with Gasteiger partial charge in [0.05, 0.1) is 0 Å². The molecule has 0 radical (unpaired) electrons. The topological polar surface area (TPSA) is 40.5 Å². The molecular weight excluding hydrogens is 188 g/mol. The van der Waals surface area contributed by atoms with Crippen molar-refractivity contribution < 1.29 is 10.2 Å². The molecule has 0 saturated carbocycles. The molecule has 0 atom stereocenters. The summed E-state index contributed by atoms with van der Waals surface area (Å²) >= 11 is 0. The van der Waals surface area contributed by atoms with E-state index < -0.39 is 0 Å². The summed E-state index contributed by atoms with van der Waals surface area (Å²) in [5.74, 6) is 0.346. The van der Waals surface area contributed by atoms with Gasteiger partial charge in [-0.3, -0.25) is 0 Å². The summed E-state index contributed by atoms with van der Waals surface area (Å²) in [6, 6.07) is 7.56. The summed E-state index contributed by atoms with van der Waals surface area (Å²) in [7, 11) is 1.00. The number of rotatable bonds is 3. The average molecular weight is 210 g/mol. The Bertz CT molecular complexity index is 260. The first-order valence-electron chi connectivity index (χ1n) is 5.36. The van der Waals surface area contributed by atoms with Gasteiger partial charge in [-0.1, -0.05) is 32.9 Å². The lowest BCUT2D eigenvalue weighted by Crippen LogP contribution is -2.19. The van der Waals surface area contributed by atoms with E-state index in [-0.39, 0.29) is 5.41 Å². The maximum atomic E-state index is 9.17. The zero-order valence-corrected chi connectivity index (χ0v) is 10.1. The Kier molecular flexibility index (Phi) is 6.02. The van der Waals surface area contributed by atoms with Crippen molar-refractivity contribution in [3.8, 4) is 5.75 Å². The van der Waals surface area contributed by atoms with Crippen LogP contribution in [-0.4, -0.2) is 17.3 Å². The molecule has 2 N–H and O–H groups in total. The summed E-state index contributed by atoms with van der Waals surface area (Å²) in [5, 5.41) is 16.2. The molecule has 0 aliphatic heterocycles. The van der Waals surface area contributed by atoms with Crippen LogP contribution in [0.15, 0.2) is 24.3 Å². The van der Waals surface area contributed by atoms with E-state index in [2.05, 4.69) is 20.8 Å². The molecule has 0 aliphatic carbocycles. The minimum atomic E-state index is 0.258. The lowest BCUT2D eigenvalue weighted by Gasteiger charge is -2.27. The molecule has 0 saturated heterocycles. The number of phenolic OH excluding ortho intramolecular Hbond substituents is 1. The quantitative estimate of drug-likeness (QED) is 0.805. The van der Waals surface area contributed by atoms with Crippen molar-refractivity contribution in [1.29, 1.82) is 0 Å². The Labute approximate surface area is 92.6 Å². The third kappa shape index (κ3) is 3.56. The van der Waals surface area contributed by atoms with Crippen LogP contribution in [0.5, 0.6) is 5.75 Å². The fourth-order valence-electron chi connectivity index (χ4n) is 1.52. The summed E-state index contributed by atoms with van der Waals surface area (Å²) in [6.45, 7) is 6.67. The van der Waals surface area contributed by atoms with Gasteiger partial charge in [-0.2, -0.15) is 0 Å². The Hall–Kier alpha value is -1.02. The van der Waals surface area contributed by atoms with Gasteiger partial charge in [-0.15, -0.1) is 0 Å². The number of aliphatic hydroxyl groups is 1. The summed E-state index contributed by atoms with van der Waals surface area (Å²) in [5.41, 5.74) is 1.57. The Morgan fingerprint density at radius 1 is 1.00 bits per heavy atom. The van der Waals surface area contributed by atoms with Gasteiger partial charge < -0.3 is 10.2 Å². The first-order chi connectivity index (χ1) is 7.12. The second kappa shape index (κ2) is 6.46. The largest absolute Gasteiger partial charge is 0.508 e. The molecule has 86 valence electrons. The number of benzene rings is 1. The van der Waals surface area contributed by atoms with Crippen LogP contribution in [0.3, 0.4) is 0 Å². The maximum Gasteiger partial charge on any atom is 0.115 e. The number of aliphatic hydroxyl groups excluding tert-OH is 1. The van der Waals surface area contributed by atoms with Gasteiger partial charge in [-0.05, 0) is 36.0 Å². The van der Waals surface area contributed by atoms with Gasteiger partial charge in [0, 0.05) is 7.11 Å². The van der Waals surface area contributed by atoms with Crippen LogP contribution in [0.25, 0.3) is 0 Å². The summed E-state index contributed by atoms with van der Waals surface area (Å²) in [4.78, 5) is 0. The average Bonchev–Trinajstić information content (AvgIpc) is 2.31. The number of aromatic hydroxyl groups is 1. The van der Waals surface area contributed by atoms with Gasteiger partial charge >= 0.3 is 0 Å². The van der Waals surface area contributed by atoms with Gasteiger partial charge in [0.15, 0.2) is 0 Å². The molecule has 2 nitrogen and oxygen atoms in total. The molecule has 1 aromatic rings. The predicted octanol–water partition coefficient (Wildman–Crippen LogP) is 3.08. The van der Waals surface area contributed by atoms with Crippen molar-refractivity contribution in [2.45, 2.75) is 39.0 Å². The van der Waals surface area contributed by atoms with E-state index in [0.717, 1.165) is 20.0 Å². The predicted molar refractivity (Wildman–Crippen MR) is 64.2 cm³/mol. The molecule has 0 amide bonds. The summed E-state index contributed by atoms with van der Waals surface area (Å²) < 4.78 is 0. The van der Waals surface area contributed by atoms with E-state index >= 15 is 0 Å². The zero-order valence-electron chi connectivity index (χ0n) is 10.1. The standard InChI is InChI=1S/C12H18O.CH4O/c1-4-12(3,5-2)10-6-8-11(13)9-7-10;1-2/h6-9,13H,4-5H2,1-3H3;2H,1H3. The summed E-state index contributed by atoms with van der Waals surface area (Å²) in [6.07, 6.45) is 2.27. The molecule has 1 aromatic carbocycles. The van der Waals surface area contributed by atoms with Gasteiger partial charge in [0.25, 0.3) is 0 Å². The van der Waals surface area contributed by atoms with Crippen LogP contribution in [-0.2, 0) is 5.41 Å². The van der Waals surface area contributed by atoms with Crippen molar-refractivity contribution >= 4 is 0 Å². The van der Waals surface area contributed by atoms with Crippen molar-refractivity contribution in [2.75, 3.05) is 7.11 Å². The fraction of sp³-hybridized carbons (Fsp3) is 0.538. The molecule has 0 unspecified atom stereocenters. The third-order valence-corrected chi connectivity index (χ3v) is 3.12. The fourth-order valence-corrected chi connectivity index (χ4v) is 1.52. The van der Waals surface area contributed by atoms with Gasteiger partial charge in [0.1, 0.15) is 5.75 Å². The van der Waals surface area contributed by atoms with E-state index in [9.17, 15) is 0 Å². The molecule has 0 aromatic heterocycles. The van der Waals surface area contributed by atoms with E-state index in [0.29, 0.717) is 5.75 Å². The number of hydrogen-bond acceptors (Lipinski definition) is 2. The van der Waals surface area contributed by atoms with E-state index in [1.54, 1.807) is 12.1 Å². The molecule has 0 heterocycles. The maximum absolute atomic E-state index is 9.17. The highest BCUT2D eigenvalue weighted by molar-refractivity contribution is 5.30. The second-order valence-corrected chi connectivity index (χ2v) is 3.81. The number of phenols is 1. The van der Waals surface area contributed by atoms with Gasteiger partial charge in [-0.25, -0.2) is 0 Å². The third-order valence-electron chi connectivity index (χ3n) is 3.12. The lowest BCUT2D eigenvalue weighted by atomic mass is 9.78. The highest BCUT2D eigenvalue weighted by Gasteiger charge is 2.21. The van der Waals surface area contributed by atoms with Crippen LogP contribution >= 0.6 is 0 Å². The van der Waals surface area contributed by atoms with Crippen molar-refractivity contribution in [1.82, 2.24) is 0 Å². The Morgan fingerprint density at radius 3 is 1.73 bits per heavy atom. The van der Waals surface area contributed by atoms with Crippen molar-refractivity contribution in [2.24, 2.45) is 0 Å².